The molecule has 0 saturated carbocycles. The highest BCUT2D eigenvalue weighted by molar-refractivity contribution is 7.48. The van der Waals surface area contributed by atoms with Crippen molar-refractivity contribution in [2.75, 3.05) is 59.5 Å². The van der Waals surface area contributed by atoms with Gasteiger partial charge in [0.15, 0.2) is 18.7 Å². The van der Waals surface area contributed by atoms with Gasteiger partial charge < -0.3 is 38.3 Å². The standard InChI is InChI=1S/C45H58N6O22P2/c1-7-19-61-34-29(70-40(37(34)62-20-8-2)49-16-13-31(53)46-43(49)56)26-67-75(60,66-24-12-6)73-36-30(71-42(39(36)64-22-10-4)51-18-15-33(55)48-45(51)58)27-68-74(59,65-23-11-5)72-35-28(25-52)69-41(38(35)63-21-9-3)50-17-14-32(54)47-44(50)57/h7-18,28-30,34-42,52H,1-6,19-27H2,(H,46,53,56)(H,47,54,57)(H,48,55,58)/t28-,29-,30-,34-,35-,36-,37-,38-,39-,40-,41-,42-,74?,75?/m1/s1. The number of hydrogen-bond acceptors (Lipinski definition) is 22. The van der Waals surface area contributed by atoms with Crippen LogP contribution in [0.2, 0.25) is 0 Å². The first-order chi connectivity index (χ1) is 36.1. The summed E-state index contributed by atoms with van der Waals surface area (Å²) in [4.78, 5) is 81.8. The number of aliphatic hydroxyl groups is 1. The van der Waals surface area contributed by atoms with Gasteiger partial charge in [0.1, 0.15) is 54.9 Å². The van der Waals surface area contributed by atoms with Gasteiger partial charge >= 0.3 is 32.7 Å². The van der Waals surface area contributed by atoms with Crippen LogP contribution in [0.5, 0.6) is 0 Å². The first-order valence-electron chi connectivity index (χ1n) is 22.8. The lowest BCUT2D eigenvalue weighted by Crippen LogP contribution is -2.41. The third-order valence-corrected chi connectivity index (χ3v) is 13.9. The first-order valence-corrected chi connectivity index (χ1v) is 25.8. The molecular weight excluding hydrogens is 1040 g/mol. The monoisotopic (exact) mass is 1100 g/mol. The van der Waals surface area contributed by atoms with Gasteiger partial charge in [0, 0.05) is 36.8 Å². The number of nitrogens with zero attached hydrogens (tertiary/aromatic N) is 3. The van der Waals surface area contributed by atoms with E-state index in [1.165, 1.54) is 42.7 Å². The first kappa shape index (κ1) is 58.6. The molecule has 2 unspecified atom stereocenters. The molecule has 0 aromatic carbocycles. The number of rotatable bonds is 32. The zero-order chi connectivity index (χ0) is 54.3. The molecule has 28 nitrogen and oxygen atoms in total. The molecule has 3 aromatic rings. The molecule has 0 radical (unpaired) electrons. The predicted molar refractivity (Wildman–Crippen MR) is 262 cm³/mol. The molecule has 3 aromatic heterocycles. The van der Waals surface area contributed by atoms with Crippen molar-refractivity contribution in [3.05, 3.63) is 175 Å². The quantitative estimate of drug-likeness (QED) is 0.0501. The van der Waals surface area contributed by atoms with Crippen LogP contribution in [0.1, 0.15) is 18.7 Å². The number of H-pyrrole nitrogens is 3. The normalized spacial score (nSPS) is 28.0. The van der Waals surface area contributed by atoms with Crippen LogP contribution in [0.25, 0.3) is 0 Å². The van der Waals surface area contributed by atoms with Crippen molar-refractivity contribution in [3.8, 4) is 0 Å². The van der Waals surface area contributed by atoms with Crippen LogP contribution >= 0.6 is 15.6 Å². The summed E-state index contributed by atoms with van der Waals surface area (Å²) in [5.74, 6) is 0. The minimum Gasteiger partial charge on any atom is -0.394 e. The van der Waals surface area contributed by atoms with Gasteiger partial charge in [-0.25, -0.2) is 23.5 Å². The summed E-state index contributed by atoms with van der Waals surface area (Å²) < 4.78 is 111. The molecule has 14 atom stereocenters. The van der Waals surface area contributed by atoms with Crippen molar-refractivity contribution >= 4 is 15.6 Å². The molecule has 4 N–H and O–H groups in total. The van der Waals surface area contributed by atoms with Crippen LogP contribution in [0.3, 0.4) is 0 Å². The van der Waals surface area contributed by atoms with Gasteiger partial charge in [-0.15, -0.1) is 39.5 Å². The van der Waals surface area contributed by atoms with E-state index in [0.717, 1.165) is 44.3 Å². The molecule has 410 valence electrons. The Morgan fingerprint density at radius 2 is 0.773 bits per heavy atom. The summed E-state index contributed by atoms with van der Waals surface area (Å²) in [6, 6.07) is 3.13. The molecule has 3 fully saturated rings. The summed E-state index contributed by atoms with van der Waals surface area (Å²) in [6.45, 7) is 18.0. The molecule has 75 heavy (non-hydrogen) atoms. The Morgan fingerprint density at radius 3 is 1.11 bits per heavy atom. The minimum atomic E-state index is -5.01. The van der Waals surface area contributed by atoms with E-state index in [2.05, 4.69) is 54.4 Å². The average Bonchev–Trinajstić information content (AvgIpc) is 4.02. The van der Waals surface area contributed by atoms with Crippen molar-refractivity contribution < 1.29 is 74.5 Å². The number of nitrogens with one attached hydrogen (secondary N) is 3. The number of phosphoric acid groups is 2. The maximum Gasteiger partial charge on any atom is 0.475 e. The second-order valence-corrected chi connectivity index (χ2v) is 19.3. The Kier molecular flexibility index (Phi) is 21.4. The van der Waals surface area contributed by atoms with Crippen molar-refractivity contribution in [1.82, 2.24) is 28.7 Å². The fourth-order valence-corrected chi connectivity index (χ4v) is 10.6. The average molecular weight is 1100 g/mol. The Hall–Kier alpha value is -5.62. The van der Waals surface area contributed by atoms with E-state index in [1.807, 2.05) is 0 Å². The highest BCUT2D eigenvalue weighted by atomic mass is 31.2. The minimum absolute atomic E-state index is 0.0552. The van der Waals surface area contributed by atoms with Crippen molar-refractivity contribution in [1.29, 1.82) is 0 Å². The van der Waals surface area contributed by atoms with Crippen LogP contribution in [-0.2, 0) is 69.4 Å². The molecule has 6 rings (SSSR count). The fourth-order valence-electron chi connectivity index (χ4n) is 7.91. The van der Waals surface area contributed by atoms with Crippen LogP contribution in [0.4, 0.5) is 0 Å². The summed E-state index contributed by atoms with van der Waals surface area (Å²) in [5, 5.41) is 10.5. The van der Waals surface area contributed by atoms with E-state index in [-0.39, 0.29) is 26.4 Å². The van der Waals surface area contributed by atoms with Crippen LogP contribution in [-0.4, -0.2) is 148 Å². The van der Waals surface area contributed by atoms with Crippen molar-refractivity contribution in [2.24, 2.45) is 0 Å². The lowest BCUT2D eigenvalue weighted by atomic mass is 10.1. The van der Waals surface area contributed by atoms with E-state index in [9.17, 15) is 38.4 Å². The van der Waals surface area contributed by atoms with Gasteiger partial charge in [-0.05, 0) is 0 Å². The number of aliphatic hydroxyl groups excluding tert-OH is 1. The van der Waals surface area contributed by atoms with Crippen LogP contribution in [0.15, 0.2) is 141 Å². The highest BCUT2D eigenvalue weighted by Gasteiger charge is 2.55. The molecule has 30 heteroatoms. The SMILES string of the molecule is C=CCO[C@@H]1[C@H](OCC=C)[C@@H](COP(=O)(OCC=C)O[C@H]2[C@@H](OCC=C)[C@H](n3ccc(=O)[nH]c3=O)O[C@@H]2COP(=O)(OCC=C)O[C@H]2[C@@H](OCC=C)[C@H](n3ccc(=O)[nH]c3=O)O[C@@H]2CO)O[C@H]1n1ccc(=O)[nH]c1=O. The van der Waals surface area contributed by atoms with E-state index in [4.69, 9.17) is 60.3 Å². The van der Waals surface area contributed by atoms with Gasteiger partial charge in [-0.2, -0.15) is 0 Å². The molecular formula is C45H58N6O22P2. The molecule has 6 heterocycles. The lowest BCUT2D eigenvalue weighted by Gasteiger charge is -2.30. The summed E-state index contributed by atoms with van der Waals surface area (Å²) in [6.07, 6.45) is -5.41. The molecule has 3 aliphatic rings. The smallest absolute Gasteiger partial charge is 0.394 e. The topological polar surface area (TPSA) is 339 Å². The Morgan fingerprint density at radius 1 is 0.467 bits per heavy atom. The van der Waals surface area contributed by atoms with Gasteiger partial charge in [0.05, 0.1) is 59.5 Å². The molecule has 0 aliphatic carbocycles. The number of ether oxygens (including phenoxy) is 7. The number of aromatic amines is 3. The van der Waals surface area contributed by atoms with E-state index >= 15 is 4.57 Å². The molecule has 0 amide bonds. The highest BCUT2D eigenvalue weighted by Crippen LogP contribution is 2.57. The third kappa shape index (κ3) is 14.7. The molecule has 0 bridgehead atoms. The van der Waals surface area contributed by atoms with Crippen molar-refractivity contribution in [3.63, 3.8) is 0 Å². The van der Waals surface area contributed by atoms with Gasteiger partial charge in [-0.1, -0.05) is 36.5 Å². The van der Waals surface area contributed by atoms with Gasteiger partial charge in [-0.3, -0.25) is 70.2 Å². The number of hydrogen-bond donors (Lipinski definition) is 4. The van der Waals surface area contributed by atoms with Crippen LogP contribution in [0, 0.1) is 0 Å². The summed E-state index contributed by atoms with van der Waals surface area (Å²) in [5.41, 5.74) is -4.94. The Bertz CT molecular complexity index is 2930. The molecule has 3 aliphatic heterocycles. The summed E-state index contributed by atoms with van der Waals surface area (Å²) in [7, 11) is -10.0. The second kappa shape index (κ2) is 27.4. The summed E-state index contributed by atoms with van der Waals surface area (Å²) >= 11 is 0. The zero-order valence-corrected chi connectivity index (χ0v) is 42.0. The van der Waals surface area contributed by atoms with E-state index in [0.29, 0.717) is 0 Å². The molecule has 0 spiro atoms. The lowest BCUT2D eigenvalue weighted by molar-refractivity contribution is -0.0728. The second-order valence-electron chi connectivity index (χ2n) is 16.1. The van der Waals surface area contributed by atoms with E-state index < -0.39 is 156 Å². The number of aromatic nitrogens is 6. The largest absolute Gasteiger partial charge is 0.475 e. The zero-order valence-electron chi connectivity index (χ0n) is 40.2. The van der Waals surface area contributed by atoms with E-state index in [1.54, 1.807) is 0 Å². The Balaban J connectivity index is 1.36. The third-order valence-electron chi connectivity index (χ3n) is 11.0. The predicted octanol–water partition coefficient (Wildman–Crippen LogP) is 1.03. The van der Waals surface area contributed by atoms with Gasteiger partial charge in [0.2, 0.25) is 0 Å². The van der Waals surface area contributed by atoms with Crippen molar-refractivity contribution in [2.45, 2.75) is 73.6 Å². The Labute approximate surface area is 426 Å². The van der Waals surface area contributed by atoms with Gasteiger partial charge in [0.25, 0.3) is 16.7 Å². The maximum absolute atomic E-state index is 15.1. The van der Waals surface area contributed by atoms with Crippen LogP contribution < -0.4 is 33.7 Å². The fraction of sp³-hybridized carbons (Fsp3) is 0.467. The maximum atomic E-state index is 15.1. The number of phosphoric ester groups is 2. The molecule has 3 saturated heterocycles.